The summed E-state index contributed by atoms with van der Waals surface area (Å²) in [5, 5.41) is 4.54. The normalized spacial score (nSPS) is 11.3. The van der Waals surface area contributed by atoms with Crippen molar-refractivity contribution in [2.45, 2.75) is 33.2 Å². The number of anilines is 2. The maximum atomic E-state index is 12.6. The highest BCUT2D eigenvalue weighted by atomic mass is 19.4. The third kappa shape index (κ3) is 9.58. The molecule has 0 unspecified atom stereocenters. The van der Waals surface area contributed by atoms with Crippen LogP contribution in [0.2, 0.25) is 0 Å². The topological polar surface area (TPSA) is 125 Å². The Bertz CT molecular complexity index is 1340. The van der Waals surface area contributed by atoms with Crippen molar-refractivity contribution in [3.63, 3.8) is 0 Å². The number of aromatic amines is 1. The van der Waals surface area contributed by atoms with Crippen molar-refractivity contribution >= 4 is 17.7 Å². The first-order valence-corrected chi connectivity index (χ1v) is 12.2. The Morgan fingerprint density at radius 1 is 1.13 bits per heavy atom. The molecule has 0 aliphatic heterocycles. The first-order valence-electron chi connectivity index (χ1n) is 12.2. The van der Waals surface area contributed by atoms with Crippen LogP contribution in [0.3, 0.4) is 0 Å². The van der Waals surface area contributed by atoms with Crippen molar-refractivity contribution in [1.82, 2.24) is 14.9 Å². The number of rotatable bonds is 11. The van der Waals surface area contributed by atoms with Gasteiger partial charge in [-0.2, -0.15) is 4.98 Å². The molecule has 39 heavy (non-hydrogen) atoms. The summed E-state index contributed by atoms with van der Waals surface area (Å²) < 4.78 is 41.7. The molecule has 2 aromatic carbocycles. The lowest BCUT2D eigenvalue weighted by Gasteiger charge is -2.21. The van der Waals surface area contributed by atoms with Gasteiger partial charge < -0.3 is 20.8 Å². The Balaban J connectivity index is 1.66. The van der Waals surface area contributed by atoms with E-state index in [1.54, 1.807) is 0 Å². The number of para-hydroxylation sites is 2. The van der Waals surface area contributed by atoms with Crippen molar-refractivity contribution in [2.24, 2.45) is 5.73 Å². The summed E-state index contributed by atoms with van der Waals surface area (Å²) in [5.41, 5.74) is 8.12. The van der Waals surface area contributed by atoms with E-state index in [0.717, 1.165) is 37.7 Å². The predicted molar refractivity (Wildman–Crippen MR) is 144 cm³/mol. The van der Waals surface area contributed by atoms with Crippen molar-refractivity contribution in [3.8, 4) is 16.9 Å². The van der Waals surface area contributed by atoms with Crippen LogP contribution in [0.25, 0.3) is 11.1 Å². The van der Waals surface area contributed by atoms with Crippen LogP contribution in [0.4, 0.5) is 29.6 Å². The number of nitrogens with two attached hydrogens (primary N) is 1. The van der Waals surface area contributed by atoms with Gasteiger partial charge in [-0.3, -0.25) is 15.0 Å². The number of alkyl halides is 3. The van der Waals surface area contributed by atoms with Gasteiger partial charge in [0, 0.05) is 25.8 Å². The molecule has 2 amide bonds. The van der Waals surface area contributed by atoms with E-state index in [0.29, 0.717) is 17.7 Å². The van der Waals surface area contributed by atoms with Crippen LogP contribution in [0.5, 0.6) is 5.75 Å². The lowest BCUT2D eigenvalue weighted by atomic mass is 10.1. The minimum Gasteiger partial charge on any atom is -0.404 e. The van der Waals surface area contributed by atoms with Gasteiger partial charge >= 0.3 is 12.4 Å². The second kappa shape index (κ2) is 13.6. The lowest BCUT2D eigenvalue weighted by molar-refractivity contribution is -0.274. The number of aromatic nitrogens is 2. The van der Waals surface area contributed by atoms with Gasteiger partial charge in [0.25, 0.3) is 5.56 Å². The molecular weight excluding hydrogens is 513 g/mol. The summed E-state index contributed by atoms with van der Waals surface area (Å²) in [6.07, 6.45) is -0.462. The summed E-state index contributed by atoms with van der Waals surface area (Å²) in [5.74, 6) is -0.762. The lowest BCUT2D eigenvalue weighted by Crippen LogP contribution is -2.26. The van der Waals surface area contributed by atoms with E-state index in [1.165, 1.54) is 30.0 Å². The van der Waals surface area contributed by atoms with Gasteiger partial charge in [-0.25, -0.2) is 4.79 Å². The highest BCUT2D eigenvalue weighted by molar-refractivity contribution is 5.99. The number of carbonyl (C=O) groups is 1. The summed E-state index contributed by atoms with van der Waals surface area (Å²) in [4.78, 5) is 33.8. The minimum atomic E-state index is -4.93. The number of hydrogen-bond acceptors (Lipinski definition) is 6. The number of halogens is 3. The molecule has 0 bridgehead atoms. The Morgan fingerprint density at radius 2 is 1.85 bits per heavy atom. The quantitative estimate of drug-likeness (QED) is 0.249. The van der Waals surface area contributed by atoms with Gasteiger partial charge in [0.1, 0.15) is 0 Å². The fraction of sp³-hybridized carbons (Fsp3) is 0.296. The Kier molecular flexibility index (Phi) is 10.2. The molecule has 1 aromatic heterocycles. The van der Waals surface area contributed by atoms with Gasteiger partial charge in [-0.05, 0) is 50.1 Å². The SMILES string of the molecule is CC(C)=CCN(CCCN)Cc1ccc(-c2c[nH]c(NC(=O)Nc3ccccc3OC(F)(F)F)nc2=O)cc1. The second-order valence-electron chi connectivity index (χ2n) is 8.95. The molecule has 0 saturated heterocycles. The molecule has 208 valence electrons. The smallest absolute Gasteiger partial charge is 0.404 e. The Labute approximate surface area is 223 Å². The number of urea groups is 1. The van der Waals surface area contributed by atoms with Gasteiger partial charge in [-0.15, -0.1) is 13.2 Å². The standard InChI is InChI=1S/C27H31F3N6O3/c1-18(2)12-15-36(14-5-13-31)17-19-8-10-20(11-9-19)21-16-32-25(34-24(21)37)35-26(38)33-22-6-3-4-7-23(22)39-27(28,29)30/h3-4,6-12,16H,5,13-15,17,31H2,1-2H3,(H3,32,33,34,35,37,38). The molecule has 3 aromatic rings. The molecule has 0 aliphatic rings. The van der Waals surface area contributed by atoms with Gasteiger partial charge in [0.2, 0.25) is 5.95 Å². The number of hydrogen-bond donors (Lipinski definition) is 4. The number of nitrogens with zero attached hydrogens (tertiary/aromatic N) is 2. The zero-order valence-electron chi connectivity index (χ0n) is 21.6. The molecular formula is C27H31F3N6O3. The summed E-state index contributed by atoms with van der Waals surface area (Å²) >= 11 is 0. The first-order chi connectivity index (χ1) is 18.5. The van der Waals surface area contributed by atoms with E-state index in [4.69, 9.17) is 5.73 Å². The molecule has 0 spiro atoms. The molecule has 0 radical (unpaired) electrons. The van der Waals surface area contributed by atoms with E-state index in [-0.39, 0.29) is 11.6 Å². The summed E-state index contributed by atoms with van der Waals surface area (Å²) in [6.45, 7) is 7.15. The zero-order chi connectivity index (χ0) is 28.4. The summed E-state index contributed by atoms with van der Waals surface area (Å²) in [6, 6.07) is 11.7. The van der Waals surface area contributed by atoms with Crippen molar-refractivity contribution in [1.29, 1.82) is 0 Å². The number of amides is 2. The third-order valence-corrected chi connectivity index (χ3v) is 5.50. The zero-order valence-corrected chi connectivity index (χ0v) is 21.6. The van der Waals surface area contributed by atoms with Crippen LogP contribution in [0.15, 0.2) is 71.2 Å². The van der Waals surface area contributed by atoms with Crippen LogP contribution in [-0.4, -0.2) is 46.9 Å². The number of allylic oxidation sites excluding steroid dienone is 1. The van der Waals surface area contributed by atoms with Crippen molar-refractivity contribution in [3.05, 3.63) is 82.3 Å². The maximum absolute atomic E-state index is 12.6. The monoisotopic (exact) mass is 544 g/mol. The van der Waals surface area contributed by atoms with Crippen molar-refractivity contribution in [2.75, 3.05) is 30.3 Å². The Hall–Kier alpha value is -4.16. The fourth-order valence-corrected chi connectivity index (χ4v) is 3.62. The highest BCUT2D eigenvalue weighted by Crippen LogP contribution is 2.30. The average Bonchev–Trinajstić information content (AvgIpc) is 2.86. The van der Waals surface area contributed by atoms with Crippen LogP contribution in [0, 0.1) is 0 Å². The molecule has 0 aliphatic carbocycles. The van der Waals surface area contributed by atoms with Gasteiger partial charge in [-0.1, -0.05) is 48.0 Å². The molecule has 0 saturated carbocycles. The van der Waals surface area contributed by atoms with Crippen LogP contribution < -0.4 is 26.7 Å². The fourth-order valence-electron chi connectivity index (χ4n) is 3.62. The van der Waals surface area contributed by atoms with Gasteiger partial charge in [0.15, 0.2) is 5.75 Å². The van der Waals surface area contributed by atoms with E-state index in [2.05, 4.69) is 50.2 Å². The molecule has 12 heteroatoms. The van der Waals surface area contributed by atoms with Crippen molar-refractivity contribution < 1.29 is 22.7 Å². The number of H-pyrrole nitrogens is 1. The largest absolute Gasteiger partial charge is 0.573 e. The van der Waals surface area contributed by atoms with Gasteiger partial charge in [0.05, 0.1) is 11.3 Å². The molecule has 3 rings (SSSR count). The van der Waals surface area contributed by atoms with Crippen LogP contribution in [-0.2, 0) is 6.54 Å². The Morgan fingerprint density at radius 3 is 2.49 bits per heavy atom. The van der Waals surface area contributed by atoms with E-state index in [9.17, 15) is 22.8 Å². The maximum Gasteiger partial charge on any atom is 0.573 e. The predicted octanol–water partition coefficient (Wildman–Crippen LogP) is 5.10. The summed E-state index contributed by atoms with van der Waals surface area (Å²) in [7, 11) is 0. The number of carbonyl (C=O) groups excluding carboxylic acids is 1. The number of benzene rings is 2. The van der Waals surface area contributed by atoms with Crippen LogP contribution in [0.1, 0.15) is 25.8 Å². The molecule has 1 heterocycles. The molecule has 5 N–H and O–H groups in total. The highest BCUT2D eigenvalue weighted by Gasteiger charge is 2.32. The van der Waals surface area contributed by atoms with E-state index < -0.39 is 23.7 Å². The van der Waals surface area contributed by atoms with E-state index in [1.807, 2.05) is 24.3 Å². The van der Waals surface area contributed by atoms with E-state index >= 15 is 0 Å². The number of nitrogens with one attached hydrogen (secondary N) is 3. The molecule has 0 fully saturated rings. The first kappa shape index (κ1) is 29.4. The minimum absolute atomic E-state index is 0.179. The average molecular weight is 545 g/mol. The molecule has 0 atom stereocenters. The second-order valence-corrected chi connectivity index (χ2v) is 8.95. The third-order valence-electron chi connectivity index (χ3n) is 5.50. The molecule has 9 nitrogen and oxygen atoms in total. The van der Waals surface area contributed by atoms with Crippen LogP contribution >= 0.6 is 0 Å². The number of ether oxygens (including phenoxy) is 1.